The Morgan fingerprint density at radius 1 is 1.07 bits per heavy atom. The number of carboxylic acid groups (broad SMARTS) is 1. The Balaban J connectivity index is 2.21. The molecular weight excluding hydrogens is 406 g/mol. The highest BCUT2D eigenvalue weighted by molar-refractivity contribution is 7.85. The summed E-state index contributed by atoms with van der Waals surface area (Å²) < 4.78 is 31.4. The average Bonchev–Trinajstić information content (AvgIpc) is 2.65. The Labute approximate surface area is 162 Å². The molecule has 3 aromatic carbocycles. The molecule has 0 fully saturated rings. The van der Waals surface area contributed by atoms with Crippen LogP contribution in [0.2, 0.25) is 0 Å². The molecule has 0 aliphatic carbocycles. The van der Waals surface area contributed by atoms with E-state index >= 15 is 0 Å². The number of aromatic hydroxyl groups is 1. The first kappa shape index (κ1) is 19.9. The highest BCUT2D eigenvalue weighted by Crippen LogP contribution is 2.40. The van der Waals surface area contributed by atoms with Gasteiger partial charge in [0.15, 0.2) is 11.4 Å². The van der Waals surface area contributed by atoms with Gasteiger partial charge in [-0.1, -0.05) is 24.3 Å². The number of rotatable bonds is 5. The fourth-order valence-electron chi connectivity index (χ4n) is 2.58. The lowest BCUT2D eigenvalue weighted by atomic mass is 10.0. The van der Waals surface area contributed by atoms with Gasteiger partial charge in [0.1, 0.15) is 16.1 Å². The van der Waals surface area contributed by atoms with Crippen LogP contribution in [0.15, 0.2) is 63.7 Å². The molecule has 0 amide bonds. The fraction of sp³-hybridized carbons (Fsp3) is 0. The lowest BCUT2D eigenvalue weighted by Crippen LogP contribution is -1.99. The van der Waals surface area contributed by atoms with E-state index in [0.717, 1.165) is 12.1 Å². The van der Waals surface area contributed by atoms with Crippen LogP contribution in [0.25, 0.3) is 10.8 Å². The minimum absolute atomic E-state index is 0.228. The molecule has 3 aromatic rings. The zero-order chi connectivity index (χ0) is 21.3. The summed E-state index contributed by atoms with van der Waals surface area (Å²) >= 11 is 0. The van der Waals surface area contributed by atoms with Crippen LogP contribution in [0.1, 0.15) is 10.4 Å². The predicted octanol–water partition coefficient (Wildman–Crippen LogP) is 3.81. The molecule has 0 aromatic heterocycles. The van der Waals surface area contributed by atoms with Crippen LogP contribution in [0.3, 0.4) is 0 Å². The number of benzene rings is 3. The molecule has 0 heterocycles. The van der Waals surface area contributed by atoms with Gasteiger partial charge < -0.3 is 10.2 Å². The minimum atomic E-state index is -4.68. The molecule has 0 saturated carbocycles. The van der Waals surface area contributed by atoms with Crippen molar-refractivity contribution < 1.29 is 32.9 Å². The fourth-order valence-corrected chi connectivity index (χ4v) is 3.08. The maximum absolute atomic E-state index is 11.4. The Morgan fingerprint density at radius 2 is 1.76 bits per heavy atom. The molecule has 12 heteroatoms. The van der Waals surface area contributed by atoms with Gasteiger partial charge >= 0.3 is 5.97 Å². The van der Waals surface area contributed by atoms with Gasteiger partial charge in [0.2, 0.25) is 0 Å². The number of phenols is 1. The number of nitro benzene ring substituents is 1. The van der Waals surface area contributed by atoms with Crippen molar-refractivity contribution in [2.24, 2.45) is 10.2 Å². The first-order valence-electron chi connectivity index (χ1n) is 7.75. The van der Waals surface area contributed by atoms with Gasteiger partial charge in [-0.3, -0.25) is 14.7 Å². The molecule has 0 atom stereocenters. The Hall–Kier alpha value is -3.90. The van der Waals surface area contributed by atoms with E-state index in [4.69, 9.17) is 4.55 Å². The summed E-state index contributed by atoms with van der Waals surface area (Å²) in [6.07, 6.45) is 0. The molecule has 0 aliphatic rings. The summed E-state index contributed by atoms with van der Waals surface area (Å²) in [7, 11) is -4.68. The zero-order valence-electron chi connectivity index (χ0n) is 14.3. The van der Waals surface area contributed by atoms with Crippen molar-refractivity contribution >= 4 is 43.9 Å². The largest absolute Gasteiger partial charge is 0.505 e. The number of aromatic carboxylic acids is 1. The van der Waals surface area contributed by atoms with Gasteiger partial charge in [0.05, 0.1) is 4.92 Å². The van der Waals surface area contributed by atoms with Crippen molar-refractivity contribution in [3.63, 3.8) is 0 Å². The molecule has 3 rings (SSSR count). The zero-order valence-corrected chi connectivity index (χ0v) is 15.1. The van der Waals surface area contributed by atoms with E-state index in [0.29, 0.717) is 16.8 Å². The maximum Gasteiger partial charge on any atom is 0.339 e. The lowest BCUT2D eigenvalue weighted by molar-refractivity contribution is -0.384. The van der Waals surface area contributed by atoms with E-state index < -0.39 is 42.9 Å². The summed E-state index contributed by atoms with van der Waals surface area (Å²) in [6, 6.07) is 10.1. The third-order valence-electron chi connectivity index (χ3n) is 3.92. The van der Waals surface area contributed by atoms with Gasteiger partial charge in [-0.2, -0.15) is 8.42 Å². The second kappa shape index (κ2) is 7.26. The average molecular weight is 417 g/mol. The summed E-state index contributed by atoms with van der Waals surface area (Å²) in [6.45, 7) is 0. The SMILES string of the molecule is O=C(O)c1cc2ccccc2c(/N=N/c2ccc(S(=O)(=O)O)cc2[N+](=O)[O-])c1O. The number of carbonyl (C=O) groups is 1. The molecule has 0 aliphatic heterocycles. The number of nitrogens with zero attached hydrogens (tertiary/aromatic N) is 3. The van der Waals surface area contributed by atoms with Crippen LogP contribution in [0.4, 0.5) is 17.1 Å². The van der Waals surface area contributed by atoms with E-state index in [-0.39, 0.29) is 11.4 Å². The Bertz CT molecular complexity index is 1300. The molecule has 0 unspecified atom stereocenters. The first-order valence-corrected chi connectivity index (χ1v) is 9.19. The number of azo groups is 1. The molecule has 0 radical (unpaired) electrons. The van der Waals surface area contributed by atoms with Crippen molar-refractivity contribution in [2.45, 2.75) is 4.90 Å². The van der Waals surface area contributed by atoms with E-state index in [9.17, 15) is 33.5 Å². The normalized spacial score (nSPS) is 11.8. The highest BCUT2D eigenvalue weighted by atomic mass is 32.2. The Kier molecular flexibility index (Phi) is 4.97. The topological polar surface area (TPSA) is 180 Å². The molecule has 29 heavy (non-hydrogen) atoms. The van der Waals surface area contributed by atoms with Crippen LogP contribution < -0.4 is 0 Å². The third kappa shape index (κ3) is 3.88. The van der Waals surface area contributed by atoms with Crippen LogP contribution in [-0.4, -0.2) is 34.1 Å². The third-order valence-corrected chi connectivity index (χ3v) is 4.77. The van der Waals surface area contributed by atoms with Crippen LogP contribution in [0, 0.1) is 10.1 Å². The van der Waals surface area contributed by atoms with Gasteiger partial charge in [-0.25, -0.2) is 4.79 Å². The summed E-state index contributed by atoms with van der Waals surface area (Å²) in [5, 5.41) is 39.0. The second-order valence-electron chi connectivity index (χ2n) is 5.73. The highest BCUT2D eigenvalue weighted by Gasteiger charge is 2.21. The number of nitro groups is 1. The van der Waals surface area contributed by atoms with Crippen molar-refractivity contribution in [1.82, 2.24) is 0 Å². The molecule has 148 valence electrons. The predicted molar refractivity (Wildman–Crippen MR) is 99.7 cm³/mol. The molecular formula is C17H11N3O8S. The van der Waals surface area contributed by atoms with E-state index in [1.807, 2.05) is 0 Å². The van der Waals surface area contributed by atoms with Crippen molar-refractivity contribution in [3.05, 3.63) is 64.2 Å². The van der Waals surface area contributed by atoms with E-state index in [1.54, 1.807) is 24.3 Å². The summed E-state index contributed by atoms with van der Waals surface area (Å²) in [5.41, 5.74) is -1.80. The second-order valence-corrected chi connectivity index (χ2v) is 7.15. The quantitative estimate of drug-likeness (QED) is 0.242. The molecule has 0 saturated heterocycles. The maximum atomic E-state index is 11.4. The number of hydrogen-bond donors (Lipinski definition) is 3. The number of carboxylic acids is 1. The lowest BCUT2D eigenvalue weighted by Gasteiger charge is -2.07. The smallest absolute Gasteiger partial charge is 0.339 e. The number of hydrogen-bond acceptors (Lipinski definition) is 8. The number of fused-ring (bicyclic) bond motifs is 1. The molecule has 3 N–H and O–H groups in total. The van der Waals surface area contributed by atoms with Crippen molar-refractivity contribution in [3.8, 4) is 5.75 Å². The van der Waals surface area contributed by atoms with E-state index in [2.05, 4.69) is 10.2 Å². The summed E-state index contributed by atoms with van der Waals surface area (Å²) in [4.78, 5) is 21.0. The minimum Gasteiger partial charge on any atom is -0.505 e. The van der Waals surface area contributed by atoms with E-state index in [1.165, 1.54) is 6.07 Å². The van der Waals surface area contributed by atoms with Gasteiger partial charge in [-0.05, 0) is 23.6 Å². The Morgan fingerprint density at radius 3 is 2.38 bits per heavy atom. The monoisotopic (exact) mass is 417 g/mol. The first-order chi connectivity index (χ1) is 13.6. The van der Waals surface area contributed by atoms with Crippen molar-refractivity contribution in [2.75, 3.05) is 0 Å². The van der Waals surface area contributed by atoms with Crippen LogP contribution >= 0.6 is 0 Å². The molecule has 0 bridgehead atoms. The van der Waals surface area contributed by atoms with Crippen LogP contribution in [-0.2, 0) is 10.1 Å². The van der Waals surface area contributed by atoms with Crippen molar-refractivity contribution in [1.29, 1.82) is 0 Å². The van der Waals surface area contributed by atoms with Gasteiger partial charge in [0.25, 0.3) is 15.8 Å². The summed E-state index contributed by atoms with van der Waals surface area (Å²) in [5.74, 6) is -2.09. The molecule has 11 nitrogen and oxygen atoms in total. The van der Waals surface area contributed by atoms with Crippen LogP contribution in [0.5, 0.6) is 5.75 Å². The van der Waals surface area contributed by atoms with Gasteiger partial charge in [-0.15, -0.1) is 10.2 Å². The molecule has 0 spiro atoms. The standard InChI is InChI=1S/C17H11N3O8S/c21-16-12(17(22)23)7-9-3-1-2-4-11(9)15(16)19-18-13-6-5-10(29(26,27)28)8-14(13)20(24)25/h1-8,21H,(H,22,23)(H,26,27,28)/b19-18+. The van der Waals surface area contributed by atoms with Gasteiger partial charge in [0, 0.05) is 11.5 Å².